The van der Waals surface area contributed by atoms with Gasteiger partial charge in [0.2, 0.25) is 5.91 Å². The van der Waals surface area contributed by atoms with Crippen molar-refractivity contribution in [1.29, 1.82) is 0 Å². The third-order valence-electron chi connectivity index (χ3n) is 4.97. The zero-order chi connectivity index (χ0) is 24.1. The van der Waals surface area contributed by atoms with Gasteiger partial charge < -0.3 is 20.3 Å². The third-order valence-corrected chi connectivity index (χ3v) is 4.97. The first kappa shape index (κ1) is 24.9. The Labute approximate surface area is 190 Å². The molecule has 7 nitrogen and oxygen atoms in total. The Bertz CT molecular complexity index is 981. The van der Waals surface area contributed by atoms with E-state index in [9.17, 15) is 14.4 Å². The van der Waals surface area contributed by atoms with Crippen molar-refractivity contribution >= 4 is 23.6 Å². The third kappa shape index (κ3) is 6.57. The van der Waals surface area contributed by atoms with Gasteiger partial charge in [0.25, 0.3) is 5.91 Å². The van der Waals surface area contributed by atoms with E-state index in [0.29, 0.717) is 11.3 Å². The summed E-state index contributed by atoms with van der Waals surface area (Å²) in [5.74, 6) is -0.752. The Hall–Kier alpha value is -3.35. The van der Waals surface area contributed by atoms with Crippen LogP contribution in [-0.2, 0) is 14.3 Å². The first-order valence-corrected chi connectivity index (χ1v) is 10.6. The Balaban J connectivity index is 2.30. The predicted molar refractivity (Wildman–Crippen MR) is 125 cm³/mol. The number of rotatable bonds is 6. The number of anilines is 1. The number of nitrogens with one attached hydrogen (secondary N) is 2. The Kier molecular flexibility index (Phi) is 8.02. The van der Waals surface area contributed by atoms with E-state index in [1.54, 1.807) is 34.7 Å². The number of carbonyl (C=O) groups excluding carboxylic acids is 3. The number of ether oxygens (including phenoxy) is 1. The average molecular weight is 440 g/mol. The van der Waals surface area contributed by atoms with Gasteiger partial charge >= 0.3 is 6.09 Å². The van der Waals surface area contributed by atoms with E-state index in [-0.39, 0.29) is 5.91 Å². The second-order valence-electron chi connectivity index (χ2n) is 8.88. The zero-order valence-electron chi connectivity index (χ0n) is 19.9. The van der Waals surface area contributed by atoms with Crippen molar-refractivity contribution in [2.75, 3.05) is 12.4 Å². The molecule has 7 heteroatoms. The highest BCUT2D eigenvalue weighted by Crippen LogP contribution is 2.26. The fraction of sp³-hybridized carbons (Fsp3) is 0.400. The monoisotopic (exact) mass is 439 g/mol. The minimum Gasteiger partial charge on any atom is -0.444 e. The second kappa shape index (κ2) is 10.3. The summed E-state index contributed by atoms with van der Waals surface area (Å²) in [6, 6.07) is 13.1. The molecular formula is C25H33N3O4. The highest BCUT2D eigenvalue weighted by Gasteiger charge is 2.33. The van der Waals surface area contributed by atoms with E-state index < -0.39 is 29.7 Å². The first-order valence-electron chi connectivity index (χ1n) is 10.6. The molecule has 0 aromatic heterocycles. The lowest BCUT2D eigenvalue weighted by molar-refractivity contribution is -0.138. The molecule has 0 fully saturated rings. The Morgan fingerprint density at radius 3 is 2.06 bits per heavy atom. The molecule has 2 atom stereocenters. The van der Waals surface area contributed by atoms with Gasteiger partial charge in [0.05, 0.1) is 0 Å². The molecule has 0 spiro atoms. The van der Waals surface area contributed by atoms with E-state index in [1.165, 1.54) is 4.90 Å². The van der Waals surface area contributed by atoms with Gasteiger partial charge in [-0.2, -0.15) is 0 Å². The lowest BCUT2D eigenvalue weighted by atomic mass is 9.98. The summed E-state index contributed by atoms with van der Waals surface area (Å²) in [5.41, 5.74) is 2.49. The van der Waals surface area contributed by atoms with Gasteiger partial charge in [-0.3, -0.25) is 9.59 Å². The van der Waals surface area contributed by atoms with Crippen LogP contribution < -0.4 is 10.6 Å². The molecule has 0 saturated carbocycles. The van der Waals surface area contributed by atoms with Crippen LogP contribution in [0.15, 0.2) is 48.5 Å². The van der Waals surface area contributed by atoms with E-state index >= 15 is 0 Å². The van der Waals surface area contributed by atoms with Crippen molar-refractivity contribution < 1.29 is 19.1 Å². The number of benzene rings is 2. The van der Waals surface area contributed by atoms with Crippen LogP contribution in [0.2, 0.25) is 0 Å². The maximum atomic E-state index is 13.4. The largest absolute Gasteiger partial charge is 0.444 e. The number of amides is 3. The molecule has 2 rings (SSSR count). The number of hydrogen-bond acceptors (Lipinski definition) is 4. The Morgan fingerprint density at radius 2 is 1.50 bits per heavy atom. The van der Waals surface area contributed by atoms with Gasteiger partial charge in [0.1, 0.15) is 17.7 Å². The van der Waals surface area contributed by atoms with E-state index in [2.05, 4.69) is 10.6 Å². The van der Waals surface area contributed by atoms with Crippen LogP contribution in [0.5, 0.6) is 0 Å². The maximum absolute atomic E-state index is 13.4. The molecule has 172 valence electrons. The van der Waals surface area contributed by atoms with Crippen LogP contribution in [0.25, 0.3) is 0 Å². The summed E-state index contributed by atoms with van der Waals surface area (Å²) >= 11 is 0. The average Bonchev–Trinajstić information content (AvgIpc) is 2.69. The minimum atomic E-state index is -0.883. The SMILES string of the molecule is Cc1ccccc1NC(=O)C(c1ccccc1C)N(C)C(=O)C(C)NC(=O)OC(C)(C)C. The van der Waals surface area contributed by atoms with Gasteiger partial charge in [-0.05, 0) is 64.3 Å². The van der Waals surface area contributed by atoms with Gasteiger partial charge in [0, 0.05) is 12.7 Å². The van der Waals surface area contributed by atoms with Gasteiger partial charge in [0.15, 0.2) is 0 Å². The van der Waals surface area contributed by atoms with Crippen LogP contribution in [0.3, 0.4) is 0 Å². The number of likely N-dealkylation sites (N-methyl/N-ethyl adjacent to an activating group) is 1. The standard InChI is InChI=1S/C25H33N3O4/c1-16-12-8-10-14-19(16)21(22(29)27-20-15-11-9-13-17(20)2)28(7)23(30)18(3)26-24(31)32-25(4,5)6/h8-15,18,21H,1-7H3,(H,26,31)(H,27,29). The van der Waals surface area contributed by atoms with E-state index in [0.717, 1.165) is 11.1 Å². The van der Waals surface area contributed by atoms with Crippen molar-refractivity contribution in [3.63, 3.8) is 0 Å². The number of nitrogens with zero attached hydrogens (tertiary/aromatic N) is 1. The zero-order valence-corrected chi connectivity index (χ0v) is 19.9. The molecule has 32 heavy (non-hydrogen) atoms. The van der Waals surface area contributed by atoms with E-state index in [4.69, 9.17) is 4.74 Å². The molecule has 0 saturated heterocycles. The molecule has 2 aromatic rings. The topological polar surface area (TPSA) is 87.7 Å². The fourth-order valence-corrected chi connectivity index (χ4v) is 3.31. The normalized spacial score (nSPS) is 13.0. The molecule has 3 amide bonds. The van der Waals surface area contributed by atoms with Crippen molar-refractivity contribution in [3.05, 3.63) is 65.2 Å². The highest BCUT2D eigenvalue weighted by molar-refractivity contribution is 5.99. The van der Waals surface area contributed by atoms with Crippen molar-refractivity contribution in [1.82, 2.24) is 10.2 Å². The van der Waals surface area contributed by atoms with Gasteiger partial charge in [-0.25, -0.2) is 4.79 Å². The summed E-state index contributed by atoms with van der Waals surface area (Å²) < 4.78 is 5.24. The number of carbonyl (C=O) groups is 3. The van der Waals surface area contributed by atoms with Crippen molar-refractivity contribution in [2.45, 2.75) is 59.2 Å². The van der Waals surface area contributed by atoms with Crippen molar-refractivity contribution in [2.24, 2.45) is 0 Å². The summed E-state index contributed by atoms with van der Waals surface area (Å²) in [6.45, 7) is 10.6. The van der Waals surface area contributed by atoms with Gasteiger partial charge in [-0.1, -0.05) is 42.5 Å². The minimum absolute atomic E-state index is 0.339. The van der Waals surface area contributed by atoms with Crippen LogP contribution in [-0.4, -0.2) is 41.5 Å². The number of aryl methyl sites for hydroxylation is 2. The summed E-state index contributed by atoms with van der Waals surface area (Å²) in [7, 11) is 1.56. The van der Waals surface area contributed by atoms with Gasteiger partial charge in [-0.15, -0.1) is 0 Å². The van der Waals surface area contributed by atoms with E-state index in [1.807, 2.05) is 62.4 Å². The Morgan fingerprint density at radius 1 is 0.938 bits per heavy atom. The lowest BCUT2D eigenvalue weighted by Gasteiger charge is -2.31. The van der Waals surface area contributed by atoms with Crippen LogP contribution in [0.1, 0.15) is 50.4 Å². The molecule has 0 heterocycles. The lowest BCUT2D eigenvalue weighted by Crippen LogP contribution is -2.49. The molecule has 2 aromatic carbocycles. The summed E-state index contributed by atoms with van der Waals surface area (Å²) in [5, 5.41) is 5.49. The number of alkyl carbamates (subject to hydrolysis) is 1. The van der Waals surface area contributed by atoms with Crippen LogP contribution in [0, 0.1) is 13.8 Å². The highest BCUT2D eigenvalue weighted by atomic mass is 16.6. The molecule has 0 aliphatic heterocycles. The summed E-state index contributed by atoms with van der Waals surface area (Å²) in [4.78, 5) is 40.0. The smallest absolute Gasteiger partial charge is 0.408 e. The molecule has 2 N–H and O–H groups in total. The van der Waals surface area contributed by atoms with Crippen LogP contribution >= 0.6 is 0 Å². The molecular weight excluding hydrogens is 406 g/mol. The summed E-state index contributed by atoms with van der Waals surface area (Å²) in [6.07, 6.45) is -0.691. The number of para-hydroxylation sites is 1. The predicted octanol–water partition coefficient (Wildman–Crippen LogP) is 4.35. The molecule has 0 aliphatic rings. The number of hydrogen-bond donors (Lipinski definition) is 2. The quantitative estimate of drug-likeness (QED) is 0.700. The fourth-order valence-electron chi connectivity index (χ4n) is 3.31. The maximum Gasteiger partial charge on any atom is 0.408 e. The van der Waals surface area contributed by atoms with Crippen LogP contribution in [0.4, 0.5) is 10.5 Å². The van der Waals surface area contributed by atoms with Crippen molar-refractivity contribution in [3.8, 4) is 0 Å². The molecule has 0 bridgehead atoms. The second-order valence-corrected chi connectivity index (χ2v) is 8.88. The molecule has 2 unspecified atom stereocenters. The molecule has 0 radical (unpaired) electrons. The molecule has 0 aliphatic carbocycles. The first-order chi connectivity index (χ1) is 14.9.